The molecule has 25 nitrogen and oxygen atoms in total. The van der Waals surface area contributed by atoms with Crippen molar-refractivity contribution in [1.82, 2.24) is 36.9 Å². The molecular formula is C51H70F3N15O10. The lowest BCUT2D eigenvalue weighted by atomic mass is 9.83. The van der Waals surface area contributed by atoms with Gasteiger partial charge in [0.25, 0.3) is 0 Å². The van der Waals surface area contributed by atoms with Gasteiger partial charge in [0.1, 0.15) is 30.0 Å². The highest BCUT2D eigenvalue weighted by molar-refractivity contribution is 5.99. The van der Waals surface area contributed by atoms with E-state index in [2.05, 4.69) is 46.9 Å². The van der Waals surface area contributed by atoms with Crippen LogP contribution in [-0.2, 0) is 67.0 Å². The number of guanidine groups is 2. The van der Waals surface area contributed by atoms with Gasteiger partial charge in [0, 0.05) is 81.2 Å². The Morgan fingerprint density at radius 1 is 0.734 bits per heavy atom. The van der Waals surface area contributed by atoms with Crippen molar-refractivity contribution in [3.8, 4) is 0 Å². The zero-order chi connectivity index (χ0) is 58.4. The number of nitrogens with one attached hydrogen (secondary N) is 7. The Hall–Kier alpha value is -8.59. The summed E-state index contributed by atoms with van der Waals surface area (Å²) in [6.07, 6.45) is -7.45. The maximum atomic E-state index is 14.8. The fourth-order valence-corrected chi connectivity index (χ4v) is 8.97. The van der Waals surface area contributed by atoms with Crippen molar-refractivity contribution in [2.45, 2.75) is 127 Å². The van der Waals surface area contributed by atoms with Crippen molar-refractivity contribution in [2.75, 3.05) is 19.6 Å². The molecule has 0 spiro atoms. The molecule has 1 saturated heterocycles. The number of primary amides is 2. The van der Waals surface area contributed by atoms with Crippen LogP contribution in [0.15, 0.2) is 64.7 Å². The Morgan fingerprint density at radius 3 is 2.04 bits per heavy atom. The number of rotatable bonds is 18. The molecule has 4 rings (SSSR count). The Labute approximate surface area is 452 Å². The van der Waals surface area contributed by atoms with Gasteiger partial charge in [-0.15, -0.1) is 0 Å². The van der Waals surface area contributed by atoms with Crippen LogP contribution in [0.4, 0.5) is 13.2 Å². The largest absolute Gasteiger partial charge is 0.416 e. The minimum Gasteiger partial charge on any atom is -0.370 e. The summed E-state index contributed by atoms with van der Waals surface area (Å²) in [5, 5.41) is 15.6. The molecule has 2 aromatic carbocycles. The van der Waals surface area contributed by atoms with E-state index in [1.807, 2.05) is 0 Å². The van der Waals surface area contributed by atoms with Crippen molar-refractivity contribution >= 4 is 81.6 Å². The predicted molar refractivity (Wildman–Crippen MR) is 283 cm³/mol. The van der Waals surface area contributed by atoms with Gasteiger partial charge in [0.15, 0.2) is 17.7 Å². The number of aromatic amines is 1. The van der Waals surface area contributed by atoms with Crippen LogP contribution in [-0.4, -0.2) is 126 Å². The summed E-state index contributed by atoms with van der Waals surface area (Å²) in [7, 11) is 0. The molecule has 0 aliphatic carbocycles. The Morgan fingerprint density at radius 2 is 1.38 bits per heavy atom. The van der Waals surface area contributed by atoms with Gasteiger partial charge in [0.05, 0.1) is 18.0 Å². The summed E-state index contributed by atoms with van der Waals surface area (Å²) < 4.78 is 43.5. The molecular weight excluding hydrogens is 1040 g/mol. The van der Waals surface area contributed by atoms with Crippen LogP contribution in [0.3, 0.4) is 0 Å². The standard InChI is InChI=1S/C51H70F3N15O10/c1-27(70)65-36(14-8-20-63-50(59)60)46(77)67-37-15-7-18-61-43(74)17-16-35(44(56)75)66-45(76)30(21-31-26-64-34-13-5-3-11-32(31)34)24-40(71)29(10-6-19-62-49(57)58)23-41(72)38(22-28-9-2-4-12-33(28)51(52,53)54)68-48(79)39(25-42(55)73)69-47(37)78/h2-5,9,11-13,26,29-30,35-39,64H,6-8,10,14-25H2,1H3,(H2,55,73)(H2,56,75)(H,61,74)(H,65,70)(H,66,76)(H,67,77)(H,68,79)(H,69,78)(H4,57,58,62)(H4,59,60,63)/t29-,30-,35+,36+,37+,38-,39+/m1/s1. The Balaban J connectivity index is 1.84. The summed E-state index contributed by atoms with van der Waals surface area (Å²) in [4.78, 5) is 148. The Bertz CT molecular complexity index is 2740. The highest BCUT2D eigenvalue weighted by Crippen LogP contribution is 2.33. The minimum absolute atomic E-state index is 0.0353. The van der Waals surface area contributed by atoms with Crippen LogP contribution in [0, 0.1) is 11.8 Å². The first-order valence-electron chi connectivity index (χ1n) is 25.5. The number of alkyl halides is 3. The quantitative estimate of drug-likeness (QED) is 0.0401. The topological polar surface area (TPSA) is 440 Å². The smallest absolute Gasteiger partial charge is 0.370 e. The molecule has 19 N–H and O–H groups in total. The molecule has 0 bridgehead atoms. The molecule has 7 atom stereocenters. The third-order valence-corrected chi connectivity index (χ3v) is 12.9. The number of nitrogens with two attached hydrogens (primary N) is 6. The molecule has 1 aliphatic heterocycles. The Kier molecular flexibility index (Phi) is 24.2. The van der Waals surface area contributed by atoms with Crippen LogP contribution in [0.1, 0.15) is 94.2 Å². The molecule has 0 unspecified atom stereocenters. The number of ketones is 2. The number of Topliss-reactive ketones (excluding diaryl/α,β-unsaturated/α-hetero) is 2. The van der Waals surface area contributed by atoms with E-state index in [-0.39, 0.29) is 89.3 Å². The molecule has 1 aliphatic rings. The number of hydrogen-bond donors (Lipinski definition) is 13. The first kappa shape index (κ1) is 62.9. The molecule has 430 valence electrons. The normalized spacial score (nSPS) is 21.0. The van der Waals surface area contributed by atoms with E-state index in [0.717, 1.165) is 25.1 Å². The van der Waals surface area contributed by atoms with Crippen LogP contribution in [0.2, 0.25) is 0 Å². The maximum Gasteiger partial charge on any atom is 0.416 e. The van der Waals surface area contributed by atoms with Crippen molar-refractivity contribution in [3.63, 3.8) is 0 Å². The number of nitrogens with zero attached hydrogens (tertiary/aromatic N) is 2. The lowest BCUT2D eigenvalue weighted by molar-refractivity contribution is -0.139. The fraction of sp³-hybridized carbons (Fsp3) is 0.490. The van der Waals surface area contributed by atoms with E-state index in [1.54, 1.807) is 30.5 Å². The number of benzene rings is 2. The summed E-state index contributed by atoms with van der Waals surface area (Å²) in [6, 6.07) is 3.18. The number of carbonyl (C=O) groups excluding carboxylic acids is 10. The first-order valence-corrected chi connectivity index (χ1v) is 25.5. The second kappa shape index (κ2) is 30.4. The van der Waals surface area contributed by atoms with Crippen LogP contribution in [0.5, 0.6) is 0 Å². The van der Waals surface area contributed by atoms with Gasteiger partial charge >= 0.3 is 6.18 Å². The van der Waals surface area contributed by atoms with Crippen molar-refractivity contribution < 1.29 is 61.1 Å². The molecule has 79 heavy (non-hydrogen) atoms. The van der Waals surface area contributed by atoms with Gasteiger partial charge in [-0.2, -0.15) is 13.2 Å². The van der Waals surface area contributed by atoms with Gasteiger partial charge in [-0.05, 0) is 74.6 Å². The molecule has 2 heterocycles. The molecule has 1 fully saturated rings. The monoisotopic (exact) mass is 1110 g/mol. The lowest BCUT2D eigenvalue weighted by Crippen LogP contribution is -2.58. The van der Waals surface area contributed by atoms with Crippen molar-refractivity contribution in [1.29, 1.82) is 0 Å². The maximum absolute atomic E-state index is 14.8. The van der Waals surface area contributed by atoms with E-state index in [1.165, 1.54) is 6.07 Å². The van der Waals surface area contributed by atoms with Gasteiger partial charge < -0.3 is 71.3 Å². The molecule has 1 aromatic heterocycles. The number of aromatic nitrogens is 1. The molecule has 3 aromatic rings. The third kappa shape index (κ3) is 21.0. The summed E-state index contributed by atoms with van der Waals surface area (Å²) in [5.74, 6) is -12.3. The average molecular weight is 1110 g/mol. The molecule has 0 radical (unpaired) electrons. The highest BCUT2D eigenvalue weighted by Gasteiger charge is 2.38. The highest BCUT2D eigenvalue weighted by atomic mass is 19.4. The number of aliphatic imine (C=N–C) groups is 2. The van der Waals surface area contributed by atoms with E-state index in [4.69, 9.17) is 34.4 Å². The number of halogens is 3. The predicted octanol–water partition coefficient (Wildman–Crippen LogP) is -1.28. The first-order chi connectivity index (χ1) is 37.3. The lowest BCUT2D eigenvalue weighted by Gasteiger charge is -2.27. The number of hydrogen-bond acceptors (Lipinski definition) is 12. The van der Waals surface area contributed by atoms with E-state index >= 15 is 0 Å². The van der Waals surface area contributed by atoms with Crippen LogP contribution in [0.25, 0.3) is 10.9 Å². The second-order valence-electron chi connectivity index (χ2n) is 19.2. The zero-order valence-corrected chi connectivity index (χ0v) is 43.6. The fourth-order valence-electron chi connectivity index (χ4n) is 8.97. The minimum atomic E-state index is -4.96. The molecule has 28 heteroatoms. The van der Waals surface area contributed by atoms with E-state index < -0.39 is 144 Å². The van der Waals surface area contributed by atoms with Crippen LogP contribution >= 0.6 is 0 Å². The number of amides is 8. The number of para-hydroxylation sites is 1. The number of fused-ring (bicyclic) bond motifs is 1. The van der Waals surface area contributed by atoms with E-state index in [0.29, 0.717) is 16.5 Å². The van der Waals surface area contributed by atoms with E-state index in [9.17, 15) is 61.1 Å². The molecule has 8 amide bonds. The van der Waals surface area contributed by atoms with Crippen molar-refractivity contribution in [2.24, 2.45) is 56.2 Å². The van der Waals surface area contributed by atoms with Gasteiger partial charge in [-0.25, -0.2) is 0 Å². The summed E-state index contributed by atoms with van der Waals surface area (Å²) >= 11 is 0. The number of H-pyrrole nitrogens is 1. The SMILES string of the molecule is CC(=O)N[C@@H](CCCN=C(N)N)C(=O)N[C@H]1CCCNC(=O)CC[C@@H](C(N)=O)NC(=O)[C@H](Cc2c[nH]c3ccccc23)CC(=O)[C@H](CCCN=C(N)N)CC(=O)[C@@H](Cc2ccccc2C(F)(F)F)NC(=O)[C@H](CC(N)=O)NC1=O. The number of carbonyl (C=O) groups is 10. The van der Waals surface area contributed by atoms with Gasteiger partial charge in [-0.1, -0.05) is 36.4 Å². The van der Waals surface area contributed by atoms with Crippen molar-refractivity contribution in [3.05, 3.63) is 71.4 Å². The second-order valence-corrected chi connectivity index (χ2v) is 19.2. The van der Waals surface area contributed by atoms with Gasteiger partial charge in [-0.3, -0.25) is 57.9 Å². The third-order valence-electron chi connectivity index (χ3n) is 12.9. The molecule has 0 saturated carbocycles. The van der Waals surface area contributed by atoms with Gasteiger partial charge in [0.2, 0.25) is 47.3 Å². The average Bonchev–Trinajstić information content (AvgIpc) is 3.81. The van der Waals surface area contributed by atoms with Crippen LogP contribution < -0.4 is 66.3 Å². The zero-order valence-electron chi connectivity index (χ0n) is 43.6. The summed E-state index contributed by atoms with van der Waals surface area (Å²) in [5.41, 5.74) is 32.8. The summed E-state index contributed by atoms with van der Waals surface area (Å²) in [6.45, 7) is 0.991.